The number of anilines is 2. The van der Waals surface area contributed by atoms with Gasteiger partial charge in [-0.1, -0.05) is 0 Å². The second-order valence-corrected chi connectivity index (χ2v) is 12.1. The van der Waals surface area contributed by atoms with E-state index in [1.807, 2.05) is 29.9 Å². The van der Waals surface area contributed by atoms with Crippen LogP contribution < -0.4 is 14.5 Å². The predicted octanol–water partition coefficient (Wildman–Crippen LogP) is 2.83. The van der Waals surface area contributed by atoms with E-state index in [0.717, 1.165) is 115 Å². The van der Waals surface area contributed by atoms with Crippen molar-refractivity contribution in [2.45, 2.75) is 25.5 Å². The van der Waals surface area contributed by atoms with Gasteiger partial charge >= 0.3 is 0 Å². The van der Waals surface area contributed by atoms with Crippen LogP contribution in [0.2, 0.25) is 0 Å². The van der Waals surface area contributed by atoms with Gasteiger partial charge in [0.1, 0.15) is 11.3 Å². The van der Waals surface area contributed by atoms with Crippen LogP contribution in [0.5, 0.6) is 5.75 Å². The average molecular weight is 611 g/mol. The van der Waals surface area contributed by atoms with Crippen LogP contribution in [0.4, 0.5) is 11.8 Å². The monoisotopic (exact) mass is 610 g/mol. The maximum Gasteiger partial charge on any atom is 0.206 e. The van der Waals surface area contributed by atoms with Crippen LogP contribution in [0.3, 0.4) is 0 Å². The number of pyridine rings is 3. The number of aryl methyl sites for hydroxylation is 2. The molecule has 0 aromatic carbocycles. The number of fused-ring (bicyclic) bond motifs is 4. The zero-order valence-electron chi connectivity index (χ0n) is 26.2. The molecule has 234 valence electrons. The zero-order chi connectivity index (χ0) is 30.7. The minimum Gasteiger partial charge on any atom is -0.496 e. The fraction of sp³-hybridized carbons (Fsp3) is 0.469. The van der Waals surface area contributed by atoms with Crippen LogP contribution in [0.25, 0.3) is 39.0 Å². The van der Waals surface area contributed by atoms with E-state index in [1.165, 1.54) is 0 Å². The molecule has 0 radical (unpaired) electrons. The smallest absolute Gasteiger partial charge is 0.206 e. The van der Waals surface area contributed by atoms with E-state index in [4.69, 9.17) is 34.3 Å². The van der Waals surface area contributed by atoms with Crippen molar-refractivity contribution in [3.05, 3.63) is 42.5 Å². The standard InChI is InChI=1S/C32H38N10O3/c1-20-23-17-34-42(26(23)14-25(35-20)24-16-33-6-5-28(24)44-4)29-15-27-30(31(36-29)41-18-22-13-21(41)19-45-22)37-32(38(27)2)40-9-7-39(8-10-40)11-12-43-3/h5-6,14-17,21-22H,7-13,18-19H2,1-4H3/t21-,22-/m0/s1. The van der Waals surface area contributed by atoms with E-state index < -0.39 is 0 Å². The summed E-state index contributed by atoms with van der Waals surface area (Å²) in [6.07, 6.45) is 6.63. The van der Waals surface area contributed by atoms with Gasteiger partial charge in [0.05, 0.1) is 61.0 Å². The Labute approximate surface area is 261 Å². The van der Waals surface area contributed by atoms with Gasteiger partial charge in [0.2, 0.25) is 5.95 Å². The van der Waals surface area contributed by atoms with E-state index in [9.17, 15) is 0 Å². The first kappa shape index (κ1) is 28.2. The molecule has 3 saturated heterocycles. The molecule has 45 heavy (non-hydrogen) atoms. The molecule has 8 heterocycles. The van der Waals surface area contributed by atoms with Crippen molar-refractivity contribution in [3.8, 4) is 22.8 Å². The molecule has 3 aliphatic rings. The number of methoxy groups -OCH3 is 2. The summed E-state index contributed by atoms with van der Waals surface area (Å²) in [6.45, 7) is 9.02. The quantitative estimate of drug-likeness (QED) is 0.259. The van der Waals surface area contributed by atoms with E-state index in [-0.39, 0.29) is 6.10 Å². The lowest BCUT2D eigenvalue weighted by molar-refractivity contribution is 0.0989. The molecule has 8 rings (SSSR count). The number of hydrogen-bond acceptors (Lipinski definition) is 11. The Hall–Kier alpha value is -4.33. The van der Waals surface area contributed by atoms with Crippen molar-refractivity contribution in [2.24, 2.45) is 7.05 Å². The molecule has 3 aliphatic heterocycles. The minimum atomic E-state index is 0.232. The molecule has 13 heteroatoms. The number of aromatic nitrogens is 7. The van der Waals surface area contributed by atoms with Crippen molar-refractivity contribution < 1.29 is 14.2 Å². The van der Waals surface area contributed by atoms with Crippen LogP contribution in [0.15, 0.2) is 36.8 Å². The maximum atomic E-state index is 5.97. The molecule has 0 unspecified atom stereocenters. The Morgan fingerprint density at radius 2 is 1.89 bits per heavy atom. The first-order chi connectivity index (χ1) is 22.0. The molecule has 13 nitrogen and oxygen atoms in total. The molecule has 0 amide bonds. The lowest BCUT2D eigenvalue weighted by Gasteiger charge is -2.35. The van der Waals surface area contributed by atoms with Crippen molar-refractivity contribution in [1.82, 2.24) is 39.2 Å². The number of morpholine rings is 1. The van der Waals surface area contributed by atoms with Crippen LogP contribution in [0, 0.1) is 6.92 Å². The van der Waals surface area contributed by atoms with Crippen molar-refractivity contribution in [3.63, 3.8) is 0 Å². The van der Waals surface area contributed by atoms with Crippen LogP contribution >= 0.6 is 0 Å². The van der Waals surface area contributed by atoms with Crippen LogP contribution in [-0.2, 0) is 16.5 Å². The van der Waals surface area contributed by atoms with Gasteiger partial charge in [-0.05, 0) is 25.5 Å². The lowest BCUT2D eigenvalue weighted by atomic mass is 10.1. The summed E-state index contributed by atoms with van der Waals surface area (Å²) >= 11 is 0. The number of rotatable bonds is 8. The highest BCUT2D eigenvalue weighted by Crippen LogP contribution is 2.38. The molecular formula is C32H38N10O3. The summed E-state index contributed by atoms with van der Waals surface area (Å²) in [6, 6.07) is 6.30. The molecule has 3 fully saturated rings. The van der Waals surface area contributed by atoms with Gasteiger partial charge in [-0.15, -0.1) is 0 Å². The second-order valence-electron chi connectivity index (χ2n) is 12.1. The normalized spacial score (nSPS) is 20.3. The summed E-state index contributed by atoms with van der Waals surface area (Å²) in [5, 5.41) is 5.82. The largest absolute Gasteiger partial charge is 0.496 e. The van der Waals surface area contributed by atoms with E-state index in [0.29, 0.717) is 12.6 Å². The third-order valence-corrected chi connectivity index (χ3v) is 9.50. The number of nitrogens with zero attached hydrogens (tertiary/aromatic N) is 10. The molecule has 2 atom stereocenters. The molecule has 0 N–H and O–H groups in total. The first-order valence-electron chi connectivity index (χ1n) is 15.6. The Morgan fingerprint density at radius 3 is 2.64 bits per heavy atom. The second kappa shape index (κ2) is 11.2. The Bertz CT molecular complexity index is 1880. The zero-order valence-corrected chi connectivity index (χ0v) is 26.2. The van der Waals surface area contributed by atoms with Gasteiger partial charge in [-0.3, -0.25) is 14.9 Å². The molecule has 0 aliphatic carbocycles. The third kappa shape index (κ3) is 4.77. The third-order valence-electron chi connectivity index (χ3n) is 9.50. The summed E-state index contributed by atoms with van der Waals surface area (Å²) < 4.78 is 21.0. The molecule has 5 aromatic heterocycles. The summed E-state index contributed by atoms with van der Waals surface area (Å²) in [4.78, 5) is 27.0. The van der Waals surface area contributed by atoms with Gasteiger partial charge in [0, 0.05) is 83.0 Å². The Balaban J connectivity index is 1.24. The molecule has 5 aromatic rings. The van der Waals surface area contributed by atoms with E-state index in [1.54, 1.807) is 26.6 Å². The van der Waals surface area contributed by atoms with E-state index in [2.05, 4.69) is 37.4 Å². The van der Waals surface area contributed by atoms with Crippen LogP contribution in [-0.4, -0.2) is 118 Å². The van der Waals surface area contributed by atoms with Gasteiger partial charge < -0.3 is 28.6 Å². The van der Waals surface area contributed by atoms with Gasteiger partial charge in [0.25, 0.3) is 0 Å². The van der Waals surface area contributed by atoms with Crippen LogP contribution in [0.1, 0.15) is 12.1 Å². The molecule has 2 bridgehead atoms. The minimum absolute atomic E-state index is 0.232. The average Bonchev–Trinajstić information content (AvgIpc) is 3.88. The fourth-order valence-electron chi connectivity index (χ4n) is 7.04. The summed E-state index contributed by atoms with van der Waals surface area (Å²) in [5.74, 6) is 3.32. The summed E-state index contributed by atoms with van der Waals surface area (Å²) in [5.41, 5.74) is 5.34. The SMILES string of the molecule is COCCN1CCN(c2nc3c(N4C[C@@H]5C[C@H]4CO5)nc(-n4ncc5c(C)nc(-c6cnccc6OC)cc54)cc3n2C)CC1. The highest BCUT2D eigenvalue weighted by Gasteiger charge is 2.41. The predicted molar refractivity (Wildman–Crippen MR) is 171 cm³/mol. The topological polar surface area (TPSA) is 112 Å². The molecule has 0 spiro atoms. The van der Waals surface area contributed by atoms with Crippen molar-refractivity contribution in [1.29, 1.82) is 0 Å². The fourth-order valence-corrected chi connectivity index (χ4v) is 7.04. The first-order valence-corrected chi connectivity index (χ1v) is 15.6. The van der Waals surface area contributed by atoms with Crippen molar-refractivity contribution in [2.75, 3.05) is 76.5 Å². The van der Waals surface area contributed by atoms with Gasteiger partial charge in [-0.2, -0.15) is 5.10 Å². The number of imidazole rings is 1. The molecular weight excluding hydrogens is 572 g/mol. The number of piperazine rings is 1. The maximum absolute atomic E-state index is 5.97. The van der Waals surface area contributed by atoms with Gasteiger partial charge in [0.15, 0.2) is 11.6 Å². The van der Waals surface area contributed by atoms with Gasteiger partial charge in [-0.25, -0.2) is 14.6 Å². The van der Waals surface area contributed by atoms with E-state index >= 15 is 0 Å². The Kier molecular flexibility index (Phi) is 7.03. The number of hydrogen-bond donors (Lipinski definition) is 0. The molecule has 0 saturated carbocycles. The highest BCUT2D eigenvalue weighted by atomic mass is 16.5. The lowest BCUT2D eigenvalue weighted by Crippen LogP contribution is -2.48. The summed E-state index contributed by atoms with van der Waals surface area (Å²) in [7, 11) is 5.53. The Morgan fingerprint density at radius 1 is 1.02 bits per heavy atom. The number of ether oxygens (including phenoxy) is 3. The van der Waals surface area contributed by atoms with Crippen molar-refractivity contribution >= 4 is 33.7 Å². The highest BCUT2D eigenvalue weighted by molar-refractivity contribution is 5.92.